The molecule has 79 valence electrons. The molecule has 3 saturated carbocycles. The van der Waals surface area contributed by atoms with Gasteiger partial charge in [-0.05, 0) is 96.3 Å². The van der Waals surface area contributed by atoms with E-state index in [-0.39, 0.29) is 40.8 Å². The molecule has 0 atom stereocenters. The van der Waals surface area contributed by atoms with Crippen molar-refractivity contribution in [3.8, 4) is 0 Å². The largest absolute Gasteiger partial charge is 0.0312 e. The Morgan fingerprint density at radius 3 is 0.312 bits per heavy atom. The first-order valence-corrected chi connectivity index (χ1v) is 5.00. The maximum absolute atomic E-state index is 2.00. The van der Waals surface area contributed by atoms with Crippen LogP contribution >= 0.6 is 0 Å². The van der Waals surface area contributed by atoms with Gasteiger partial charge in [0.1, 0.15) is 0 Å². The van der Waals surface area contributed by atoms with Crippen molar-refractivity contribution in [3.63, 3.8) is 0 Å². The van der Waals surface area contributed by atoms with Crippen molar-refractivity contribution >= 4 is 0 Å². The molecule has 0 saturated heterocycles. The molecule has 15 radical (unpaired) electrons. The van der Waals surface area contributed by atoms with E-state index in [9.17, 15) is 0 Å². The zero-order valence-corrected chi connectivity index (χ0v) is 12.4. The molecule has 0 aliphatic heterocycles. The third kappa shape index (κ3) is 11.8. The van der Waals surface area contributed by atoms with Gasteiger partial charge in [-0.25, -0.2) is 0 Å². The molecular formula is C15H15Nd. The second-order valence-electron chi connectivity index (χ2n) is 2.89. The Morgan fingerprint density at radius 2 is 0.250 bits per heavy atom. The molecule has 0 spiro atoms. The van der Waals surface area contributed by atoms with Gasteiger partial charge in [0.05, 0.1) is 0 Å². The average Bonchev–Trinajstić information content (AvgIpc) is 3.09. The molecule has 0 unspecified atom stereocenters. The third-order valence-electron chi connectivity index (χ3n) is 1.67. The number of hydrogen-bond donors (Lipinski definition) is 0. The Balaban J connectivity index is 0.000000205. The van der Waals surface area contributed by atoms with E-state index in [0.29, 0.717) is 0 Å². The van der Waals surface area contributed by atoms with Crippen LogP contribution in [0.25, 0.3) is 0 Å². The molecule has 0 bridgehead atoms. The summed E-state index contributed by atoms with van der Waals surface area (Å²) in [6.07, 6.45) is 30.0. The Bertz CT molecular complexity index is 64.0. The zero-order valence-electron chi connectivity index (χ0n) is 9.16. The zero-order chi connectivity index (χ0) is 10.6. The van der Waals surface area contributed by atoms with E-state index in [2.05, 4.69) is 0 Å². The quantitative estimate of drug-likeness (QED) is 0.636. The van der Waals surface area contributed by atoms with Crippen molar-refractivity contribution in [1.29, 1.82) is 0 Å². The first kappa shape index (κ1) is 17.4. The van der Waals surface area contributed by atoms with E-state index in [1.807, 2.05) is 96.3 Å². The molecule has 0 N–H and O–H groups in total. The van der Waals surface area contributed by atoms with Crippen LogP contribution < -0.4 is 0 Å². The molecule has 0 amide bonds. The van der Waals surface area contributed by atoms with E-state index >= 15 is 0 Å². The first-order valence-electron chi connectivity index (χ1n) is 5.00. The van der Waals surface area contributed by atoms with Crippen molar-refractivity contribution in [2.45, 2.75) is 0 Å². The van der Waals surface area contributed by atoms with Crippen molar-refractivity contribution in [2.75, 3.05) is 0 Å². The maximum atomic E-state index is 2.00. The van der Waals surface area contributed by atoms with Crippen LogP contribution in [0.15, 0.2) is 0 Å². The Labute approximate surface area is 136 Å². The predicted molar refractivity (Wildman–Crippen MR) is 64.5 cm³/mol. The summed E-state index contributed by atoms with van der Waals surface area (Å²) in [5, 5.41) is 0. The normalized spacial score (nSPS) is 22.5. The van der Waals surface area contributed by atoms with Gasteiger partial charge in [0.25, 0.3) is 0 Å². The van der Waals surface area contributed by atoms with Crippen molar-refractivity contribution in [3.05, 3.63) is 96.3 Å². The minimum Gasteiger partial charge on any atom is -0.0312 e. The molecule has 0 aromatic heterocycles. The van der Waals surface area contributed by atoms with Gasteiger partial charge in [-0.15, -0.1) is 0 Å². The van der Waals surface area contributed by atoms with Crippen LogP contribution in [-0.4, -0.2) is 0 Å². The maximum Gasteiger partial charge on any atom is 0 e. The Morgan fingerprint density at radius 1 is 0.188 bits per heavy atom. The summed E-state index contributed by atoms with van der Waals surface area (Å²) in [6, 6.07) is 0. The molecular weight excluding hydrogens is 324 g/mol. The summed E-state index contributed by atoms with van der Waals surface area (Å²) >= 11 is 0. The van der Waals surface area contributed by atoms with Crippen LogP contribution in [0.5, 0.6) is 0 Å². The number of rotatable bonds is 0. The molecule has 16 heavy (non-hydrogen) atoms. The van der Waals surface area contributed by atoms with E-state index < -0.39 is 0 Å². The summed E-state index contributed by atoms with van der Waals surface area (Å²) in [4.78, 5) is 0. The molecule has 0 aromatic rings. The van der Waals surface area contributed by atoms with Gasteiger partial charge in [-0.3, -0.25) is 0 Å². The van der Waals surface area contributed by atoms with Gasteiger partial charge < -0.3 is 0 Å². The van der Waals surface area contributed by atoms with Crippen LogP contribution in [0, 0.1) is 137 Å². The van der Waals surface area contributed by atoms with Crippen LogP contribution in [-0.2, 0) is 0 Å². The van der Waals surface area contributed by atoms with Crippen LogP contribution in [0.2, 0.25) is 0 Å². The predicted octanol–water partition coefficient (Wildman–Crippen LogP) is 3.06. The van der Waals surface area contributed by atoms with E-state index in [1.165, 1.54) is 0 Å². The molecule has 0 heterocycles. The molecule has 1 heteroatoms. The second kappa shape index (κ2) is 14.4. The monoisotopic (exact) mass is 337 g/mol. The molecule has 0 aromatic carbocycles. The number of hydrogen-bond acceptors (Lipinski definition) is 0. The van der Waals surface area contributed by atoms with E-state index in [4.69, 9.17) is 0 Å². The Hall–Kier alpha value is 1.35. The Kier molecular flexibility index (Phi) is 15.6. The smallest absolute Gasteiger partial charge is 0 e. The SMILES string of the molecule is [CH]1[CH][CH][CH][CH]1.[CH]1[CH][CH][CH][CH]1.[CH]1[CH][CH][CH][CH]1.[Nd]. The topological polar surface area (TPSA) is 0 Å². The van der Waals surface area contributed by atoms with Gasteiger partial charge in [-0.1, -0.05) is 0 Å². The van der Waals surface area contributed by atoms with Gasteiger partial charge in [0.2, 0.25) is 0 Å². The fourth-order valence-electron chi connectivity index (χ4n) is 0.962. The molecule has 3 aliphatic rings. The van der Waals surface area contributed by atoms with Gasteiger partial charge >= 0.3 is 0 Å². The van der Waals surface area contributed by atoms with Gasteiger partial charge in [-0.2, -0.15) is 0 Å². The minimum absolute atomic E-state index is 0. The van der Waals surface area contributed by atoms with Crippen LogP contribution in [0.1, 0.15) is 0 Å². The summed E-state index contributed by atoms with van der Waals surface area (Å²) in [5.74, 6) is 0. The van der Waals surface area contributed by atoms with Gasteiger partial charge in [0, 0.05) is 40.8 Å². The first-order chi connectivity index (χ1) is 7.50. The fourth-order valence-corrected chi connectivity index (χ4v) is 0.962. The third-order valence-corrected chi connectivity index (χ3v) is 1.67. The van der Waals surface area contributed by atoms with Crippen molar-refractivity contribution in [1.82, 2.24) is 0 Å². The minimum atomic E-state index is 0. The van der Waals surface area contributed by atoms with E-state index in [1.54, 1.807) is 0 Å². The standard InChI is InChI=1S/3C5H5.Nd/c3*1-2-4-5-3-1;/h3*1-5H;. The molecule has 3 rings (SSSR count). The molecule has 3 fully saturated rings. The summed E-state index contributed by atoms with van der Waals surface area (Å²) in [7, 11) is 0. The van der Waals surface area contributed by atoms with Crippen LogP contribution in [0.3, 0.4) is 0 Å². The summed E-state index contributed by atoms with van der Waals surface area (Å²) < 4.78 is 0. The summed E-state index contributed by atoms with van der Waals surface area (Å²) in [6.45, 7) is 0. The second-order valence-corrected chi connectivity index (χ2v) is 2.89. The molecule has 3 aliphatic carbocycles. The summed E-state index contributed by atoms with van der Waals surface area (Å²) in [5.41, 5.74) is 0. The fraction of sp³-hybridized carbons (Fsp3) is 0. The van der Waals surface area contributed by atoms with Crippen molar-refractivity contribution < 1.29 is 40.8 Å². The average molecular weight is 340 g/mol. The van der Waals surface area contributed by atoms with Gasteiger partial charge in [0.15, 0.2) is 0 Å². The van der Waals surface area contributed by atoms with Crippen molar-refractivity contribution in [2.24, 2.45) is 0 Å². The van der Waals surface area contributed by atoms with E-state index in [0.717, 1.165) is 0 Å². The molecule has 0 nitrogen and oxygen atoms in total. The van der Waals surface area contributed by atoms with Crippen LogP contribution in [0.4, 0.5) is 0 Å².